The van der Waals surface area contributed by atoms with Crippen LogP contribution in [-0.2, 0) is 9.53 Å². The predicted molar refractivity (Wildman–Crippen MR) is 98.2 cm³/mol. The van der Waals surface area contributed by atoms with Crippen molar-refractivity contribution in [2.45, 2.75) is 13.0 Å². The van der Waals surface area contributed by atoms with Crippen LogP contribution in [0.4, 0.5) is 5.69 Å². The average Bonchev–Trinajstić information content (AvgIpc) is 2.68. The molecule has 0 saturated heterocycles. The van der Waals surface area contributed by atoms with Crippen molar-refractivity contribution in [3.05, 3.63) is 66.4 Å². The molecule has 0 aliphatic carbocycles. The molecule has 1 N–H and O–H groups in total. The lowest BCUT2D eigenvalue weighted by atomic mass is 10.2. The quantitative estimate of drug-likeness (QED) is 0.713. The molecule has 1 aromatic heterocycles. The van der Waals surface area contributed by atoms with Gasteiger partial charge in [-0.3, -0.25) is 4.79 Å². The summed E-state index contributed by atoms with van der Waals surface area (Å²) >= 11 is 0. The number of ether oxygens (including phenoxy) is 2. The number of carbonyl (C=O) groups is 2. The van der Waals surface area contributed by atoms with Gasteiger partial charge in [0.05, 0.1) is 12.6 Å². The van der Waals surface area contributed by atoms with Crippen LogP contribution in [0, 0.1) is 0 Å². The number of hydrogen-bond donors (Lipinski definition) is 1. The van der Waals surface area contributed by atoms with Crippen LogP contribution in [0.25, 0.3) is 10.9 Å². The van der Waals surface area contributed by atoms with E-state index in [-0.39, 0.29) is 5.69 Å². The molecule has 1 heterocycles. The summed E-state index contributed by atoms with van der Waals surface area (Å²) in [5, 5.41) is 3.61. The van der Waals surface area contributed by atoms with Crippen molar-refractivity contribution in [1.82, 2.24) is 4.98 Å². The molecule has 1 unspecified atom stereocenters. The zero-order valence-electron chi connectivity index (χ0n) is 14.4. The highest BCUT2D eigenvalue weighted by Gasteiger charge is 2.20. The van der Waals surface area contributed by atoms with Crippen LogP contribution >= 0.6 is 0 Å². The second kappa shape index (κ2) is 7.65. The second-order valence-corrected chi connectivity index (χ2v) is 5.65. The summed E-state index contributed by atoms with van der Waals surface area (Å²) in [7, 11) is 1.57. The summed E-state index contributed by atoms with van der Waals surface area (Å²) in [6.45, 7) is 1.51. The Balaban J connectivity index is 1.64. The smallest absolute Gasteiger partial charge is 0.357 e. The minimum Gasteiger partial charge on any atom is -0.497 e. The van der Waals surface area contributed by atoms with Crippen LogP contribution in [0.1, 0.15) is 17.4 Å². The minimum atomic E-state index is -0.960. The molecule has 26 heavy (non-hydrogen) atoms. The van der Waals surface area contributed by atoms with E-state index in [4.69, 9.17) is 9.47 Å². The number of nitrogens with one attached hydrogen (secondary N) is 1. The fraction of sp³-hybridized carbons (Fsp3) is 0.150. The molecule has 0 saturated carbocycles. The van der Waals surface area contributed by atoms with Crippen molar-refractivity contribution in [2.75, 3.05) is 12.4 Å². The van der Waals surface area contributed by atoms with Crippen molar-refractivity contribution in [1.29, 1.82) is 0 Å². The number of pyridine rings is 1. The zero-order valence-corrected chi connectivity index (χ0v) is 14.4. The molecule has 0 fully saturated rings. The first-order valence-corrected chi connectivity index (χ1v) is 8.08. The Labute approximate surface area is 150 Å². The maximum atomic E-state index is 12.3. The molecular formula is C20H18N2O4. The molecule has 132 valence electrons. The number of hydrogen-bond acceptors (Lipinski definition) is 5. The maximum absolute atomic E-state index is 12.3. The first-order chi connectivity index (χ1) is 12.6. The van der Waals surface area contributed by atoms with Gasteiger partial charge in [0.25, 0.3) is 5.91 Å². The maximum Gasteiger partial charge on any atom is 0.357 e. The lowest BCUT2D eigenvalue weighted by Crippen LogP contribution is -2.30. The lowest BCUT2D eigenvalue weighted by molar-refractivity contribution is -0.123. The molecule has 0 spiro atoms. The van der Waals surface area contributed by atoms with E-state index in [0.717, 1.165) is 5.39 Å². The van der Waals surface area contributed by atoms with Gasteiger partial charge in [-0.05, 0) is 43.3 Å². The van der Waals surface area contributed by atoms with E-state index in [2.05, 4.69) is 10.3 Å². The topological polar surface area (TPSA) is 77.5 Å². The standard InChI is InChI=1S/C20H18N2O4/c1-13(19(23)21-15-8-10-16(25-2)11-9-15)26-20(24)18-12-7-14-5-3-4-6-17(14)22-18/h3-13H,1-2H3,(H,21,23). The number of para-hydroxylation sites is 1. The zero-order chi connectivity index (χ0) is 18.5. The molecule has 0 aliphatic heterocycles. The number of rotatable bonds is 5. The van der Waals surface area contributed by atoms with Gasteiger partial charge in [-0.25, -0.2) is 9.78 Å². The van der Waals surface area contributed by atoms with E-state index in [1.54, 1.807) is 43.5 Å². The average molecular weight is 350 g/mol. The highest BCUT2D eigenvalue weighted by atomic mass is 16.5. The van der Waals surface area contributed by atoms with Gasteiger partial charge < -0.3 is 14.8 Å². The molecule has 0 bridgehead atoms. The van der Waals surface area contributed by atoms with E-state index in [1.807, 2.05) is 24.3 Å². The second-order valence-electron chi connectivity index (χ2n) is 5.65. The molecule has 1 atom stereocenters. The molecule has 6 nitrogen and oxygen atoms in total. The number of nitrogens with zero attached hydrogens (tertiary/aromatic N) is 1. The first-order valence-electron chi connectivity index (χ1n) is 8.08. The molecule has 0 aliphatic rings. The summed E-state index contributed by atoms with van der Waals surface area (Å²) in [6, 6.07) is 17.7. The number of methoxy groups -OCH3 is 1. The number of aromatic nitrogens is 1. The van der Waals surface area contributed by atoms with Gasteiger partial charge in [0.2, 0.25) is 0 Å². The number of fused-ring (bicyclic) bond motifs is 1. The van der Waals surface area contributed by atoms with Crippen LogP contribution in [-0.4, -0.2) is 30.1 Å². The fourth-order valence-corrected chi connectivity index (χ4v) is 2.37. The van der Waals surface area contributed by atoms with Crippen molar-refractivity contribution in [3.63, 3.8) is 0 Å². The van der Waals surface area contributed by atoms with E-state index in [0.29, 0.717) is 17.0 Å². The number of anilines is 1. The van der Waals surface area contributed by atoms with Crippen molar-refractivity contribution in [2.24, 2.45) is 0 Å². The van der Waals surface area contributed by atoms with E-state index in [1.165, 1.54) is 6.92 Å². The van der Waals surface area contributed by atoms with E-state index >= 15 is 0 Å². The van der Waals surface area contributed by atoms with Crippen molar-refractivity contribution in [3.8, 4) is 5.75 Å². The summed E-state index contributed by atoms with van der Waals surface area (Å²) in [4.78, 5) is 28.7. The molecule has 3 rings (SSSR count). The van der Waals surface area contributed by atoms with Crippen LogP contribution in [0.15, 0.2) is 60.7 Å². The number of esters is 1. The molecule has 0 radical (unpaired) electrons. The third-order valence-electron chi connectivity index (χ3n) is 3.82. The predicted octanol–water partition coefficient (Wildman–Crippen LogP) is 3.43. The summed E-state index contributed by atoms with van der Waals surface area (Å²) in [5.74, 6) is -0.387. The molecule has 6 heteroatoms. The molecule has 3 aromatic rings. The Kier molecular flexibility index (Phi) is 5.12. The molecular weight excluding hydrogens is 332 g/mol. The monoisotopic (exact) mass is 350 g/mol. The van der Waals surface area contributed by atoms with Crippen LogP contribution in [0.3, 0.4) is 0 Å². The Morgan fingerprint density at radius 2 is 1.73 bits per heavy atom. The fourth-order valence-electron chi connectivity index (χ4n) is 2.37. The van der Waals surface area contributed by atoms with E-state index in [9.17, 15) is 9.59 Å². The van der Waals surface area contributed by atoms with Gasteiger partial charge in [0, 0.05) is 11.1 Å². The lowest BCUT2D eigenvalue weighted by Gasteiger charge is -2.13. The van der Waals surface area contributed by atoms with Gasteiger partial charge in [-0.1, -0.05) is 24.3 Å². The van der Waals surface area contributed by atoms with Crippen LogP contribution < -0.4 is 10.1 Å². The Morgan fingerprint density at radius 3 is 2.46 bits per heavy atom. The number of carbonyl (C=O) groups excluding carboxylic acids is 2. The highest BCUT2D eigenvalue weighted by Crippen LogP contribution is 2.16. The molecule has 1 amide bonds. The number of amides is 1. The normalized spacial score (nSPS) is 11.6. The first kappa shape index (κ1) is 17.4. The number of benzene rings is 2. The van der Waals surface area contributed by atoms with Gasteiger partial charge in [-0.2, -0.15) is 0 Å². The largest absolute Gasteiger partial charge is 0.497 e. The Morgan fingerprint density at radius 1 is 1.00 bits per heavy atom. The van der Waals surface area contributed by atoms with Gasteiger partial charge in [0.15, 0.2) is 6.10 Å². The SMILES string of the molecule is COc1ccc(NC(=O)C(C)OC(=O)c2ccc3ccccc3n2)cc1. The Bertz CT molecular complexity index is 938. The van der Waals surface area contributed by atoms with Crippen molar-refractivity contribution >= 4 is 28.5 Å². The van der Waals surface area contributed by atoms with Gasteiger partial charge in [0.1, 0.15) is 11.4 Å². The Hall–Kier alpha value is -3.41. The summed E-state index contributed by atoms with van der Waals surface area (Å²) in [6.07, 6.45) is -0.960. The molecule has 2 aromatic carbocycles. The third-order valence-corrected chi connectivity index (χ3v) is 3.82. The summed E-state index contributed by atoms with van der Waals surface area (Å²) in [5.41, 5.74) is 1.44. The third kappa shape index (κ3) is 3.97. The van der Waals surface area contributed by atoms with E-state index < -0.39 is 18.0 Å². The summed E-state index contributed by atoms with van der Waals surface area (Å²) < 4.78 is 10.3. The van der Waals surface area contributed by atoms with Crippen molar-refractivity contribution < 1.29 is 19.1 Å². The van der Waals surface area contributed by atoms with Crippen LogP contribution in [0.5, 0.6) is 5.75 Å². The van der Waals surface area contributed by atoms with Crippen LogP contribution in [0.2, 0.25) is 0 Å². The van der Waals surface area contributed by atoms with Gasteiger partial charge in [-0.15, -0.1) is 0 Å². The highest BCUT2D eigenvalue weighted by molar-refractivity contribution is 5.97. The van der Waals surface area contributed by atoms with Gasteiger partial charge >= 0.3 is 5.97 Å². The minimum absolute atomic E-state index is 0.160.